The molecular weight excluding hydrogens is 138 g/mol. The molecular formula is C5H7NO4. The predicted octanol–water partition coefficient (Wildman–Crippen LogP) is -0.0833. The molecule has 5 nitrogen and oxygen atoms in total. The molecule has 1 saturated heterocycles. The van der Waals surface area contributed by atoms with Crippen LogP contribution in [0.15, 0.2) is 0 Å². The molecule has 0 N–H and O–H groups in total. The first kappa shape index (κ1) is 6.85. The molecule has 56 valence electrons. The molecule has 0 atom stereocenters. The van der Waals surface area contributed by atoms with E-state index in [1.54, 1.807) is 0 Å². The first-order valence-corrected chi connectivity index (χ1v) is 2.83. The van der Waals surface area contributed by atoms with Gasteiger partial charge in [-0.2, -0.15) is 0 Å². The average Bonchev–Trinajstić information content (AvgIpc) is 2.15. The molecule has 0 aromatic carbocycles. The Morgan fingerprint density at radius 1 is 1.80 bits per heavy atom. The van der Waals surface area contributed by atoms with Crippen LogP contribution >= 0.6 is 0 Å². The highest BCUT2D eigenvalue weighted by Crippen LogP contribution is 2.02. The second-order valence-corrected chi connectivity index (χ2v) is 1.80. The van der Waals surface area contributed by atoms with Gasteiger partial charge in [0.05, 0.1) is 6.54 Å². The van der Waals surface area contributed by atoms with Crippen LogP contribution in [0.25, 0.3) is 0 Å². The molecule has 0 aliphatic carbocycles. The molecule has 0 aromatic rings. The molecule has 1 aliphatic rings. The third-order valence-corrected chi connectivity index (χ3v) is 0.962. The number of hydrogen-bond donors (Lipinski definition) is 0. The molecule has 0 aromatic heterocycles. The van der Waals surface area contributed by atoms with Gasteiger partial charge >= 0.3 is 12.1 Å². The fraction of sp³-hybridized carbons (Fsp3) is 0.600. The van der Waals surface area contributed by atoms with E-state index in [1.165, 1.54) is 6.92 Å². The molecule has 1 fully saturated rings. The first-order valence-electron chi connectivity index (χ1n) is 2.83. The zero-order chi connectivity index (χ0) is 7.56. The van der Waals surface area contributed by atoms with E-state index in [2.05, 4.69) is 9.57 Å². The standard InChI is InChI=1S/C5H7NO4/c1-4(7)10-6-2-3-9-5(6)8/h2-3H2,1H3. The number of carbonyl (C=O) groups excluding carboxylic acids is 2. The summed E-state index contributed by atoms with van der Waals surface area (Å²) in [6.07, 6.45) is -0.602. The summed E-state index contributed by atoms with van der Waals surface area (Å²) in [5, 5.41) is 0.891. The molecule has 0 bridgehead atoms. The number of carbonyl (C=O) groups is 2. The Morgan fingerprint density at radius 3 is 2.90 bits per heavy atom. The maximum Gasteiger partial charge on any atom is 0.443 e. The van der Waals surface area contributed by atoms with Crippen LogP contribution in [0.3, 0.4) is 0 Å². The Bertz CT molecular complexity index is 167. The highest BCUT2D eigenvalue weighted by Gasteiger charge is 2.24. The van der Waals surface area contributed by atoms with Crippen molar-refractivity contribution in [1.29, 1.82) is 0 Å². The van der Waals surface area contributed by atoms with Crippen molar-refractivity contribution in [3.8, 4) is 0 Å². The van der Waals surface area contributed by atoms with Crippen molar-refractivity contribution in [1.82, 2.24) is 5.06 Å². The monoisotopic (exact) mass is 145 g/mol. The second-order valence-electron chi connectivity index (χ2n) is 1.80. The molecule has 1 amide bonds. The number of cyclic esters (lactones) is 1. The highest BCUT2D eigenvalue weighted by atomic mass is 16.8. The van der Waals surface area contributed by atoms with E-state index in [0.717, 1.165) is 5.06 Å². The lowest BCUT2D eigenvalue weighted by atomic mass is 10.7. The number of hydrogen-bond acceptors (Lipinski definition) is 4. The number of rotatable bonds is 1. The fourth-order valence-corrected chi connectivity index (χ4v) is 0.617. The Morgan fingerprint density at radius 2 is 2.50 bits per heavy atom. The van der Waals surface area contributed by atoms with Crippen LogP contribution in [0.4, 0.5) is 4.79 Å². The number of ether oxygens (including phenoxy) is 1. The van der Waals surface area contributed by atoms with Gasteiger partial charge in [0.25, 0.3) is 0 Å². The van der Waals surface area contributed by atoms with Crippen molar-refractivity contribution in [3.63, 3.8) is 0 Å². The summed E-state index contributed by atoms with van der Waals surface area (Å²) in [4.78, 5) is 25.3. The van der Waals surface area contributed by atoms with Crippen molar-refractivity contribution in [2.45, 2.75) is 6.92 Å². The Hall–Kier alpha value is -1.26. The maximum atomic E-state index is 10.5. The van der Waals surface area contributed by atoms with Crippen LogP contribution in [0.5, 0.6) is 0 Å². The van der Waals surface area contributed by atoms with Gasteiger partial charge < -0.3 is 9.57 Å². The van der Waals surface area contributed by atoms with Gasteiger partial charge in [0.15, 0.2) is 0 Å². The minimum atomic E-state index is -0.602. The maximum absolute atomic E-state index is 10.5. The molecule has 1 rings (SSSR count). The van der Waals surface area contributed by atoms with Gasteiger partial charge in [0.1, 0.15) is 6.61 Å². The van der Waals surface area contributed by atoms with E-state index < -0.39 is 12.1 Å². The molecule has 0 spiro atoms. The summed E-state index contributed by atoms with van der Waals surface area (Å²) in [6, 6.07) is 0. The topological polar surface area (TPSA) is 55.8 Å². The van der Waals surface area contributed by atoms with Gasteiger partial charge in [-0.3, -0.25) is 4.79 Å². The summed E-state index contributed by atoms with van der Waals surface area (Å²) >= 11 is 0. The van der Waals surface area contributed by atoms with E-state index in [0.29, 0.717) is 6.54 Å². The van der Waals surface area contributed by atoms with Crippen molar-refractivity contribution in [3.05, 3.63) is 0 Å². The van der Waals surface area contributed by atoms with Gasteiger partial charge in [0, 0.05) is 6.92 Å². The van der Waals surface area contributed by atoms with Crippen LogP contribution in [0, 0.1) is 0 Å². The molecule has 1 aliphatic heterocycles. The minimum Gasteiger partial charge on any atom is -0.445 e. The van der Waals surface area contributed by atoms with Crippen molar-refractivity contribution >= 4 is 12.1 Å². The Kier molecular flexibility index (Phi) is 1.75. The minimum absolute atomic E-state index is 0.284. The predicted molar refractivity (Wildman–Crippen MR) is 29.8 cm³/mol. The zero-order valence-corrected chi connectivity index (χ0v) is 5.49. The lowest BCUT2D eigenvalue weighted by Gasteiger charge is -2.08. The smallest absolute Gasteiger partial charge is 0.443 e. The number of hydroxylamine groups is 2. The van der Waals surface area contributed by atoms with Gasteiger partial charge in [-0.15, -0.1) is 5.06 Å². The van der Waals surface area contributed by atoms with Gasteiger partial charge in [0.2, 0.25) is 0 Å². The van der Waals surface area contributed by atoms with E-state index >= 15 is 0 Å². The van der Waals surface area contributed by atoms with E-state index in [4.69, 9.17) is 0 Å². The van der Waals surface area contributed by atoms with Crippen LogP contribution < -0.4 is 0 Å². The van der Waals surface area contributed by atoms with E-state index in [-0.39, 0.29) is 6.61 Å². The SMILES string of the molecule is CC(=O)ON1CCOC1=O. The number of amides is 1. The molecule has 1 heterocycles. The second kappa shape index (κ2) is 2.55. The van der Waals surface area contributed by atoms with E-state index in [9.17, 15) is 9.59 Å². The van der Waals surface area contributed by atoms with Crippen LogP contribution in [-0.2, 0) is 14.4 Å². The lowest BCUT2D eigenvalue weighted by Crippen LogP contribution is -2.26. The number of nitrogens with zero attached hydrogens (tertiary/aromatic N) is 1. The first-order chi connectivity index (χ1) is 4.70. The lowest BCUT2D eigenvalue weighted by molar-refractivity contribution is -0.171. The quantitative estimate of drug-likeness (QED) is 0.517. The third kappa shape index (κ3) is 1.37. The fourth-order valence-electron chi connectivity index (χ4n) is 0.617. The summed E-state index contributed by atoms with van der Waals surface area (Å²) in [5.41, 5.74) is 0. The highest BCUT2D eigenvalue weighted by molar-refractivity contribution is 5.72. The third-order valence-electron chi connectivity index (χ3n) is 0.962. The van der Waals surface area contributed by atoms with Gasteiger partial charge in [-0.05, 0) is 0 Å². The van der Waals surface area contributed by atoms with Crippen molar-refractivity contribution in [2.24, 2.45) is 0 Å². The molecule has 5 heteroatoms. The Labute approximate surface area is 57.5 Å². The summed E-state index contributed by atoms with van der Waals surface area (Å²) in [6.45, 7) is 1.83. The van der Waals surface area contributed by atoms with Gasteiger partial charge in [-0.25, -0.2) is 4.79 Å². The van der Waals surface area contributed by atoms with Crippen molar-refractivity contribution < 1.29 is 19.2 Å². The van der Waals surface area contributed by atoms with Crippen LogP contribution in [-0.4, -0.2) is 30.3 Å². The summed E-state index contributed by atoms with van der Waals surface area (Å²) in [7, 11) is 0. The largest absolute Gasteiger partial charge is 0.445 e. The Balaban J connectivity index is 2.40. The summed E-state index contributed by atoms with van der Waals surface area (Å²) < 4.78 is 4.48. The average molecular weight is 145 g/mol. The van der Waals surface area contributed by atoms with Gasteiger partial charge in [-0.1, -0.05) is 0 Å². The van der Waals surface area contributed by atoms with Crippen LogP contribution in [0.2, 0.25) is 0 Å². The molecule has 0 unspecified atom stereocenters. The zero-order valence-electron chi connectivity index (χ0n) is 5.49. The van der Waals surface area contributed by atoms with Crippen LogP contribution in [0.1, 0.15) is 6.92 Å². The molecule has 10 heavy (non-hydrogen) atoms. The molecule has 0 radical (unpaired) electrons. The van der Waals surface area contributed by atoms with Crippen molar-refractivity contribution in [2.75, 3.05) is 13.2 Å². The normalized spacial score (nSPS) is 16.9. The summed E-state index contributed by atoms with van der Waals surface area (Å²) in [5.74, 6) is -0.515. The van der Waals surface area contributed by atoms with E-state index in [1.807, 2.05) is 0 Å². The molecule has 0 saturated carbocycles.